The standard InChI is InChI=1S/C19H23N5.HI/c1-24(2)19(21-14-15-8-4-3-5-9-15)20-13-12-18-22-16-10-6-7-11-17(16)23-18;/h3-11H,12-14H2,1-2H3,(H,20,21)(H,22,23);1H. The van der Waals surface area contributed by atoms with Crippen molar-refractivity contribution in [1.82, 2.24) is 20.2 Å². The minimum absolute atomic E-state index is 0. The van der Waals surface area contributed by atoms with Gasteiger partial charge in [-0.25, -0.2) is 9.98 Å². The number of aromatic amines is 1. The molecule has 0 radical (unpaired) electrons. The molecule has 6 heteroatoms. The number of fused-ring (bicyclic) bond motifs is 1. The van der Waals surface area contributed by atoms with Crippen molar-refractivity contribution in [3.05, 3.63) is 66.0 Å². The summed E-state index contributed by atoms with van der Waals surface area (Å²) in [6.45, 7) is 1.46. The van der Waals surface area contributed by atoms with Gasteiger partial charge in [0.2, 0.25) is 0 Å². The van der Waals surface area contributed by atoms with Crippen molar-refractivity contribution >= 4 is 41.0 Å². The molecule has 5 nitrogen and oxygen atoms in total. The number of halogens is 1. The Hall–Kier alpha value is -2.09. The van der Waals surface area contributed by atoms with Crippen LogP contribution in [0.1, 0.15) is 11.4 Å². The minimum atomic E-state index is 0. The van der Waals surface area contributed by atoms with Crippen LogP contribution in [0.2, 0.25) is 0 Å². The van der Waals surface area contributed by atoms with Gasteiger partial charge >= 0.3 is 0 Å². The van der Waals surface area contributed by atoms with E-state index in [1.54, 1.807) is 0 Å². The molecule has 0 saturated heterocycles. The van der Waals surface area contributed by atoms with Crippen LogP contribution in [0, 0.1) is 0 Å². The van der Waals surface area contributed by atoms with Gasteiger partial charge < -0.3 is 15.2 Å². The number of nitrogens with zero attached hydrogens (tertiary/aromatic N) is 3. The topological polar surface area (TPSA) is 56.3 Å². The molecule has 3 aromatic rings. The Bertz CT molecular complexity index is 778. The zero-order valence-corrected chi connectivity index (χ0v) is 16.9. The number of aliphatic imine (C=N–C) groups is 1. The molecule has 1 aromatic heterocycles. The van der Waals surface area contributed by atoms with Gasteiger partial charge in [-0.05, 0) is 17.7 Å². The SMILES string of the molecule is CN(C)C(=NCc1ccccc1)NCCc1nc2ccccc2[nH]1.I. The Morgan fingerprint density at radius 1 is 1.08 bits per heavy atom. The second-order valence-corrected chi connectivity index (χ2v) is 5.90. The zero-order chi connectivity index (χ0) is 16.8. The van der Waals surface area contributed by atoms with E-state index in [4.69, 9.17) is 0 Å². The summed E-state index contributed by atoms with van der Waals surface area (Å²) in [6, 6.07) is 18.4. The number of imidazole rings is 1. The number of hydrogen-bond donors (Lipinski definition) is 2. The number of nitrogens with one attached hydrogen (secondary N) is 2. The summed E-state index contributed by atoms with van der Waals surface area (Å²) in [4.78, 5) is 14.6. The molecule has 132 valence electrons. The fourth-order valence-electron chi connectivity index (χ4n) is 2.52. The maximum Gasteiger partial charge on any atom is 0.193 e. The highest BCUT2D eigenvalue weighted by Gasteiger charge is 2.04. The van der Waals surface area contributed by atoms with Gasteiger partial charge in [0.15, 0.2) is 5.96 Å². The van der Waals surface area contributed by atoms with Gasteiger partial charge in [0.1, 0.15) is 5.82 Å². The second kappa shape index (κ2) is 9.41. The van der Waals surface area contributed by atoms with Crippen molar-refractivity contribution in [2.75, 3.05) is 20.6 Å². The molecular weight excluding hydrogens is 425 g/mol. The first-order valence-corrected chi connectivity index (χ1v) is 8.15. The molecule has 0 aliphatic carbocycles. The summed E-state index contributed by atoms with van der Waals surface area (Å²) in [5, 5.41) is 3.40. The van der Waals surface area contributed by atoms with Crippen molar-refractivity contribution in [1.29, 1.82) is 0 Å². The number of aromatic nitrogens is 2. The lowest BCUT2D eigenvalue weighted by atomic mass is 10.2. The second-order valence-electron chi connectivity index (χ2n) is 5.90. The first-order valence-electron chi connectivity index (χ1n) is 8.15. The van der Waals surface area contributed by atoms with Crippen LogP contribution in [0.4, 0.5) is 0 Å². The fraction of sp³-hybridized carbons (Fsp3) is 0.263. The molecular formula is C19H24IN5. The Morgan fingerprint density at radius 2 is 1.80 bits per heavy atom. The first kappa shape index (κ1) is 19.2. The van der Waals surface area contributed by atoms with Gasteiger partial charge in [0.25, 0.3) is 0 Å². The number of benzene rings is 2. The Morgan fingerprint density at radius 3 is 2.52 bits per heavy atom. The highest BCUT2D eigenvalue weighted by atomic mass is 127. The predicted molar refractivity (Wildman–Crippen MR) is 114 cm³/mol. The molecule has 25 heavy (non-hydrogen) atoms. The smallest absolute Gasteiger partial charge is 0.193 e. The fourth-order valence-corrected chi connectivity index (χ4v) is 2.52. The molecule has 1 heterocycles. The van der Waals surface area contributed by atoms with E-state index in [1.807, 2.05) is 61.5 Å². The normalized spacial score (nSPS) is 11.2. The number of rotatable bonds is 5. The Balaban J connectivity index is 0.00000225. The average molecular weight is 449 g/mol. The van der Waals surface area contributed by atoms with E-state index in [0.717, 1.165) is 35.8 Å². The molecule has 0 atom stereocenters. The lowest BCUT2D eigenvalue weighted by Crippen LogP contribution is -2.37. The average Bonchev–Trinajstić information content (AvgIpc) is 3.01. The van der Waals surface area contributed by atoms with Crippen LogP contribution in [0.15, 0.2) is 59.6 Å². The van der Waals surface area contributed by atoms with Gasteiger partial charge in [-0.15, -0.1) is 24.0 Å². The van der Waals surface area contributed by atoms with Crippen LogP contribution in [0.5, 0.6) is 0 Å². The van der Waals surface area contributed by atoms with Crippen LogP contribution in [-0.4, -0.2) is 41.5 Å². The largest absolute Gasteiger partial charge is 0.356 e. The highest BCUT2D eigenvalue weighted by Crippen LogP contribution is 2.10. The van der Waals surface area contributed by atoms with Gasteiger partial charge in [-0.3, -0.25) is 0 Å². The van der Waals surface area contributed by atoms with E-state index in [1.165, 1.54) is 5.56 Å². The van der Waals surface area contributed by atoms with Crippen molar-refractivity contribution < 1.29 is 0 Å². The van der Waals surface area contributed by atoms with Crippen LogP contribution < -0.4 is 5.32 Å². The van der Waals surface area contributed by atoms with Crippen molar-refractivity contribution in [2.24, 2.45) is 4.99 Å². The summed E-state index contributed by atoms with van der Waals surface area (Å²) < 4.78 is 0. The van der Waals surface area contributed by atoms with Crippen LogP contribution >= 0.6 is 24.0 Å². The van der Waals surface area contributed by atoms with Crippen molar-refractivity contribution in [3.8, 4) is 0 Å². The number of H-pyrrole nitrogens is 1. The minimum Gasteiger partial charge on any atom is -0.356 e. The lowest BCUT2D eigenvalue weighted by molar-refractivity contribution is 0.578. The molecule has 0 amide bonds. The zero-order valence-electron chi connectivity index (χ0n) is 14.6. The highest BCUT2D eigenvalue weighted by molar-refractivity contribution is 14.0. The molecule has 0 bridgehead atoms. The van der Waals surface area contributed by atoms with E-state index >= 15 is 0 Å². The first-order chi connectivity index (χ1) is 11.7. The Labute approximate surface area is 165 Å². The number of para-hydroxylation sites is 2. The molecule has 0 aliphatic heterocycles. The monoisotopic (exact) mass is 449 g/mol. The maximum atomic E-state index is 4.67. The molecule has 0 saturated carbocycles. The maximum absolute atomic E-state index is 4.67. The summed E-state index contributed by atoms with van der Waals surface area (Å²) in [5.74, 6) is 1.87. The molecule has 2 N–H and O–H groups in total. The van der Waals surface area contributed by atoms with E-state index in [2.05, 4.69) is 32.4 Å². The third-order valence-corrected chi connectivity index (χ3v) is 3.76. The Kier molecular flexibility index (Phi) is 7.24. The van der Waals surface area contributed by atoms with Crippen LogP contribution in [0.3, 0.4) is 0 Å². The summed E-state index contributed by atoms with van der Waals surface area (Å²) >= 11 is 0. The van der Waals surface area contributed by atoms with Gasteiger partial charge in [0.05, 0.1) is 17.6 Å². The quantitative estimate of drug-likeness (QED) is 0.357. The van der Waals surface area contributed by atoms with Crippen molar-refractivity contribution in [3.63, 3.8) is 0 Å². The molecule has 2 aromatic carbocycles. The van der Waals surface area contributed by atoms with Crippen molar-refractivity contribution in [2.45, 2.75) is 13.0 Å². The number of guanidine groups is 1. The summed E-state index contributed by atoms with van der Waals surface area (Å²) in [7, 11) is 4.00. The van der Waals surface area contributed by atoms with Gasteiger partial charge in [-0.2, -0.15) is 0 Å². The third kappa shape index (κ3) is 5.45. The van der Waals surface area contributed by atoms with Gasteiger partial charge in [0, 0.05) is 27.1 Å². The van der Waals surface area contributed by atoms with Crippen LogP contribution in [-0.2, 0) is 13.0 Å². The molecule has 0 spiro atoms. The predicted octanol–water partition coefficient (Wildman–Crippen LogP) is 3.43. The van der Waals surface area contributed by atoms with Gasteiger partial charge in [-0.1, -0.05) is 42.5 Å². The van der Waals surface area contributed by atoms with Crippen LogP contribution in [0.25, 0.3) is 11.0 Å². The van der Waals surface area contributed by atoms with E-state index in [-0.39, 0.29) is 24.0 Å². The summed E-state index contributed by atoms with van der Waals surface area (Å²) in [6.07, 6.45) is 0.826. The molecule has 0 aliphatic rings. The molecule has 0 fully saturated rings. The molecule has 3 rings (SSSR count). The van der Waals surface area contributed by atoms with E-state index in [9.17, 15) is 0 Å². The van der Waals surface area contributed by atoms with E-state index < -0.39 is 0 Å². The van der Waals surface area contributed by atoms with E-state index in [0.29, 0.717) is 6.54 Å². The molecule has 0 unspecified atom stereocenters. The lowest BCUT2D eigenvalue weighted by Gasteiger charge is -2.17. The summed E-state index contributed by atoms with van der Waals surface area (Å²) in [5.41, 5.74) is 3.30. The number of hydrogen-bond acceptors (Lipinski definition) is 2. The third-order valence-electron chi connectivity index (χ3n) is 3.76.